The zero-order valence-electron chi connectivity index (χ0n) is 9.69. The monoisotopic (exact) mass is 237 g/mol. The predicted octanol–water partition coefficient (Wildman–Crippen LogP) is -0.111. The van der Waals surface area contributed by atoms with Gasteiger partial charge in [-0.2, -0.15) is 4.98 Å². The summed E-state index contributed by atoms with van der Waals surface area (Å²) in [6.07, 6.45) is 1.29. The van der Waals surface area contributed by atoms with E-state index in [-0.39, 0.29) is 5.69 Å². The molecule has 2 N–H and O–H groups in total. The predicted molar refractivity (Wildman–Crippen MR) is 61.3 cm³/mol. The first-order valence-electron chi connectivity index (χ1n) is 5.69. The van der Waals surface area contributed by atoms with Gasteiger partial charge in [0.1, 0.15) is 0 Å². The van der Waals surface area contributed by atoms with E-state index in [0.717, 1.165) is 25.3 Å². The van der Waals surface area contributed by atoms with Crippen LogP contribution in [0.25, 0.3) is 0 Å². The zero-order chi connectivity index (χ0) is 12.4. The smallest absolute Gasteiger partial charge is 0.355 e. The first kappa shape index (κ1) is 11.8. The average Bonchev–Trinajstić information content (AvgIpc) is 2.49. The molecule has 0 aliphatic carbocycles. The van der Waals surface area contributed by atoms with Gasteiger partial charge in [0, 0.05) is 30.8 Å². The standard InChI is InChI=1S/C11H15N3O3/c1-2-14-5-3-7-8(4-6-14)12-11(17)13-9(7)10(15)16/h2-6H2,1H3,(H,15,16)(H,12,13,17). The van der Waals surface area contributed by atoms with Crippen molar-refractivity contribution in [3.05, 3.63) is 27.4 Å². The number of nitrogens with zero attached hydrogens (tertiary/aromatic N) is 2. The van der Waals surface area contributed by atoms with Gasteiger partial charge in [0.25, 0.3) is 0 Å². The Labute approximate surface area is 98.3 Å². The summed E-state index contributed by atoms with van der Waals surface area (Å²) in [6.45, 7) is 4.63. The van der Waals surface area contributed by atoms with Crippen molar-refractivity contribution in [1.82, 2.24) is 14.9 Å². The van der Waals surface area contributed by atoms with Crippen LogP contribution in [0, 0.1) is 0 Å². The first-order valence-corrected chi connectivity index (χ1v) is 5.69. The lowest BCUT2D eigenvalue weighted by atomic mass is 10.1. The number of aromatic amines is 1. The number of likely N-dealkylation sites (N-methyl/N-ethyl adjacent to an activating group) is 1. The summed E-state index contributed by atoms with van der Waals surface area (Å²) in [4.78, 5) is 30.8. The van der Waals surface area contributed by atoms with Crippen molar-refractivity contribution in [2.24, 2.45) is 0 Å². The summed E-state index contributed by atoms with van der Waals surface area (Å²) < 4.78 is 0. The molecule has 17 heavy (non-hydrogen) atoms. The second-order valence-corrected chi connectivity index (χ2v) is 4.09. The van der Waals surface area contributed by atoms with Gasteiger partial charge in [-0.1, -0.05) is 6.92 Å². The highest BCUT2D eigenvalue weighted by molar-refractivity contribution is 5.87. The first-order chi connectivity index (χ1) is 8.11. The summed E-state index contributed by atoms with van der Waals surface area (Å²) >= 11 is 0. The Balaban J connectivity index is 2.45. The maximum Gasteiger partial charge on any atom is 0.355 e. The van der Waals surface area contributed by atoms with Crippen molar-refractivity contribution >= 4 is 5.97 Å². The summed E-state index contributed by atoms with van der Waals surface area (Å²) in [5.74, 6) is -1.13. The fraction of sp³-hybridized carbons (Fsp3) is 0.545. The SMILES string of the molecule is CCN1CCc2[nH]c(=O)nc(C(=O)O)c2CC1. The van der Waals surface area contributed by atoms with Gasteiger partial charge in [0.15, 0.2) is 5.69 Å². The molecule has 1 aromatic heterocycles. The Kier molecular flexibility index (Phi) is 3.23. The van der Waals surface area contributed by atoms with Crippen molar-refractivity contribution < 1.29 is 9.90 Å². The topological polar surface area (TPSA) is 86.3 Å². The quantitative estimate of drug-likeness (QED) is 0.749. The molecule has 0 fully saturated rings. The molecule has 0 spiro atoms. The van der Waals surface area contributed by atoms with Crippen LogP contribution in [0.1, 0.15) is 28.7 Å². The van der Waals surface area contributed by atoms with Crippen molar-refractivity contribution in [3.63, 3.8) is 0 Å². The van der Waals surface area contributed by atoms with Gasteiger partial charge in [-0.3, -0.25) is 0 Å². The number of carbonyl (C=O) groups is 1. The van der Waals surface area contributed by atoms with E-state index < -0.39 is 11.7 Å². The van der Waals surface area contributed by atoms with Crippen LogP contribution in [0.5, 0.6) is 0 Å². The molecule has 2 heterocycles. The number of aromatic carboxylic acids is 1. The van der Waals surface area contributed by atoms with Crippen LogP contribution in [0.15, 0.2) is 4.79 Å². The minimum atomic E-state index is -1.13. The molecule has 0 aromatic carbocycles. The van der Waals surface area contributed by atoms with Crippen LogP contribution in [-0.4, -0.2) is 45.6 Å². The molecule has 0 unspecified atom stereocenters. The maximum atomic E-state index is 11.3. The third-order valence-electron chi connectivity index (χ3n) is 3.13. The second kappa shape index (κ2) is 4.67. The summed E-state index contributed by atoms with van der Waals surface area (Å²) in [5.41, 5.74) is 0.721. The fourth-order valence-electron chi connectivity index (χ4n) is 2.17. The van der Waals surface area contributed by atoms with Crippen LogP contribution < -0.4 is 5.69 Å². The maximum absolute atomic E-state index is 11.3. The van der Waals surface area contributed by atoms with E-state index in [2.05, 4.69) is 21.8 Å². The van der Waals surface area contributed by atoms with Crippen LogP contribution in [0.2, 0.25) is 0 Å². The van der Waals surface area contributed by atoms with Gasteiger partial charge in [0.2, 0.25) is 0 Å². The molecule has 0 amide bonds. The minimum Gasteiger partial charge on any atom is -0.476 e. The van der Waals surface area contributed by atoms with E-state index in [9.17, 15) is 9.59 Å². The number of carboxylic acids is 1. The van der Waals surface area contributed by atoms with Crippen LogP contribution >= 0.6 is 0 Å². The number of carboxylic acid groups (broad SMARTS) is 1. The highest BCUT2D eigenvalue weighted by Crippen LogP contribution is 2.15. The number of rotatable bonds is 2. The second-order valence-electron chi connectivity index (χ2n) is 4.09. The van der Waals surface area contributed by atoms with E-state index in [1.807, 2.05) is 0 Å². The third kappa shape index (κ3) is 2.36. The molecule has 1 aliphatic rings. The van der Waals surface area contributed by atoms with Crippen molar-refractivity contribution in [3.8, 4) is 0 Å². The molecule has 0 saturated heterocycles. The lowest BCUT2D eigenvalue weighted by Crippen LogP contribution is -2.25. The molecule has 6 nitrogen and oxygen atoms in total. The molecule has 0 saturated carbocycles. The zero-order valence-corrected chi connectivity index (χ0v) is 9.69. The molecule has 2 rings (SSSR count). The number of fused-ring (bicyclic) bond motifs is 1. The van der Waals surface area contributed by atoms with Gasteiger partial charge >= 0.3 is 11.7 Å². The third-order valence-corrected chi connectivity index (χ3v) is 3.13. The average molecular weight is 237 g/mol. The Morgan fingerprint density at radius 2 is 2.18 bits per heavy atom. The Morgan fingerprint density at radius 3 is 2.82 bits per heavy atom. The van der Waals surface area contributed by atoms with E-state index >= 15 is 0 Å². The van der Waals surface area contributed by atoms with Gasteiger partial charge in [0.05, 0.1) is 0 Å². The summed E-state index contributed by atoms with van der Waals surface area (Å²) in [5, 5.41) is 9.05. The van der Waals surface area contributed by atoms with Gasteiger partial charge in [-0.25, -0.2) is 9.59 Å². The lowest BCUT2D eigenvalue weighted by molar-refractivity contribution is 0.0688. The Morgan fingerprint density at radius 1 is 1.47 bits per heavy atom. The van der Waals surface area contributed by atoms with E-state index in [4.69, 9.17) is 5.11 Å². The van der Waals surface area contributed by atoms with E-state index in [1.165, 1.54) is 0 Å². The minimum absolute atomic E-state index is 0.0956. The van der Waals surface area contributed by atoms with Crippen molar-refractivity contribution in [2.75, 3.05) is 19.6 Å². The molecule has 92 valence electrons. The number of hydrogen-bond donors (Lipinski definition) is 2. The number of H-pyrrole nitrogens is 1. The van der Waals surface area contributed by atoms with Crippen LogP contribution in [0.3, 0.4) is 0 Å². The molecular weight excluding hydrogens is 222 g/mol. The molecular formula is C11H15N3O3. The van der Waals surface area contributed by atoms with Crippen LogP contribution in [0.4, 0.5) is 0 Å². The molecule has 0 bridgehead atoms. The van der Waals surface area contributed by atoms with E-state index in [1.54, 1.807) is 0 Å². The van der Waals surface area contributed by atoms with Gasteiger partial charge < -0.3 is 15.0 Å². The lowest BCUT2D eigenvalue weighted by Gasteiger charge is -2.16. The van der Waals surface area contributed by atoms with Crippen LogP contribution in [-0.2, 0) is 12.8 Å². The largest absolute Gasteiger partial charge is 0.476 e. The molecule has 6 heteroatoms. The molecule has 0 radical (unpaired) electrons. The van der Waals surface area contributed by atoms with Gasteiger partial charge in [-0.05, 0) is 13.0 Å². The fourth-order valence-corrected chi connectivity index (χ4v) is 2.17. The van der Waals surface area contributed by atoms with Gasteiger partial charge in [-0.15, -0.1) is 0 Å². The molecule has 1 aromatic rings. The normalized spacial score (nSPS) is 16.3. The number of nitrogens with one attached hydrogen (secondary N) is 1. The highest BCUT2D eigenvalue weighted by Gasteiger charge is 2.21. The number of hydrogen-bond acceptors (Lipinski definition) is 4. The van der Waals surface area contributed by atoms with Crippen molar-refractivity contribution in [2.45, 2.75) is 19.8 Å². The van der Waals surface area contributed by atoms with E-state index in [0.29, 0.717) is 18.4 Å². The number of aromatic nitrogens is 2. The Hall–Kier alpha value is -1.69. The summed E-state index contributed by atoms with van der Waals surface area (Å²) in [6, 6.07) is 0. The highest BCUT2D eigenvalue weighted by atomic mass is 16.4. The molecule has 1 aliphatic heterocycles. The Bertz CT molecular complexity index is 495. The van der Waals surface area contributed by atoms with Crippen molar-refractivity contribution in [1.29, 1.82) is 0 Å². The summed E-state index contributed by atoms with van der Waals surface area (Å²) in [7, 11) is 0. The molecule has 0 atom stereocenters.